The van der Waals surface area contributed by atoms with Crippen molar-refractivity contribution in [2.24, 2.45) is 0 Å². The Morgan fingerprint density at radius 1 is 1.00 bits per heavy atom. The molecule has 2 aromatic carbocycles. The maximum atomic E-state index is 13.2. The van der Waals surface area contributed by atoms with Crippen molar-refractivity contribution in [3.05, 3.63) is 99.3 Å². The number of ketones is 1. The van der Waals surface area contributed by atoms with Crippen molar-refractivity contribution in [3.63, 3.8) is 0 Å². The summed E-state index contributed by atoms with van der Waals surface area (Å²) in [6.45, 7) is 8.25. The Morgan fingerprint density at radius 3 is 2.21 bits per heavy atom. The normalized spacial score (nSPS) is 18.1. The highest BCUT2D eigenvalue weighted by atomic mass is 79.9. The van der Waals surface area contributed by atoms with E-state index in [1.165, 1.54) is 4.90 Å². The summed E-state index contributed by atoms with van der Waals surface area (Å²) in [5.74, 6) is -1.58. The van der Waals surface area contributed by atoms with Crippen LogP contribution in [0.25, 0.3) is 5.76 Å². The minimum Gasteiger partial charge on any atom is -0.507 e. The molecular weight excluding hydrogens is 480 g/mol. The summed E-state index contributed by atoms with van der Waals surface area (Å²) in [5.41, 5.74) is 3.82. The van der Waals surface area contributed by atoms with Crippen LogP contribution in [0, 0.1) is 6.92 Å². The molecule has 2 heterocycles. The molecule has 1 N–H and O–H groups in total. The van der Waals surface area contributed by atoms with Crippen LogP contribution >= 0.6 is 15.9 Å². The molecule has 168 valence electrons. The molecule has 1 aliphatic rings. The van der Waals surface area contributed by atoms with Gasteiger partial charge in [-0.2, -0.15) is 0 Å². The van der Waals surface area contributed by atoms with Gasteiger partial charge in [0.2, 0.25) is 0 Å². The molecule has 1 unspecified atom stereocenters. The van der Waals surface area contributed by atoms with Crippen molar-refractivity contribution >= 4 is 39.1 Å². The van der Waals surface area contributed by atoms with Crippen LogP contribution in [0.1, 0.15) is 49.1 Å². The number of aliphatic hydroxyl groups excluding tert-OH is 1. The lowest BCUT2D eigenvalue weighted by atomic mass is 9.87. The predicted octanol–water partition coefficient (Wildman–Crippen LogP) is 6.08. The fourth-order valence-electron chi connectivity index (χ4n) is 4.03. The highest BCUT2D eigenvalue weighted by Gasteiger charge is 2.47. The summed E-state index contributed by atoms with van der Waals surface area (Å²) in [6.07, 6.45) is 3.23. The molecule has 1 saturated heterocycles. The van der Waals surface area contributed by atoms with E-state index < -0.39 is 17.7 Å². The van der Waals surface area contributed by atoms with Crippen LogP contribution in [-0.4, -0.2) is 21.8 Å². The third kappa shape index (κ3) is 4.23. The Hall–Kier alpha value is -3.25. The van der Waals surface area contributed by atoms with E-state index >= 15 is 0 Å². The maximum absolute atomic E-state index is 13.2. The second-order valence-electron chi connectivity index (χ2n) is 9.21. The first-order valence-electron chi connectivity index (χ1n) is 10.7. The number of amides is 1. The highest BCUT2D eigenvalue weighted by molar-refractivity contribution is 9.10. The lowest BCUT2D eigenvalue weighted by Gasteiger charge is -2.26. The average Bonchev–Trinajstić information content (AvgIpc) is 3.06. The predicted molar refractivity (Wildman–Crippen MR) is 133 cm³/mol. The van der Waals surface area contributed by atoms with Gasteiger partial charge in [0.1, 0.15) is 5.76 Å². The lowest BCUT2D eigenvalue weighted by molar-refractivity contribution is -0.132. The fraction of sp³-hybridized carbons (Fsp3) is 0.222. The van der Waals surface area contributed by atoms with E-state index in [1.54, 1.807) is 36.7 Å². The van der Waals surface area contributed by atoms with Gasteiger partial charge in [-0.25, -0.2) is 0 Å². The van der Waals surface area contributed by atoms with Gasteiger partial charge in [-0.15, -0.1) is 0 Å². The minimum absolute atomic E-state index is 0.0450. The zero-order chi connectivity index (χ0) is 23.9. The van der Waals surface area contributed by atoms with Gasteiger partial charge in [-0.1, -0.05) is 54.9 Å². The number of carbonyl (C=O) groups is 2. The first-order chi connectivity index (χ1) is 15.6. The van der Waals surface area contributed by atoms with Gasteiger partial charge in [0.15, 0.2) is 0 Å². The summed E-state index contributed by atoms with van der Waals surface area (Å²) >= 11 is 3.46. The van der Waals surface area contributed by atoms with Gasteiger partial charge in [-0.05, 0) is 65.4 Å². The van der Waals surface area contributed by atoms with Crippen molar-refractivity contribution in [2.75, 3.05) is 4.90 Å². The molecule has 1 atom stereocenters. The van der Waals surface area contributed by atoms with E-state index in [4.69, 9.17) is 0 Å². The van der Waals surface area contributed by atoms with Crippen molar-refractivity contribution in [1.29, 1.82) is 0 Å². The van der Waals surface area contributed by atoms with Crippen LogP contribution in [-0.2, 0) is 15.0 Å². The molecule has 5 nitrogen and oxygen atoms in total. The Labute approximate surface area is 201 Å². The minimum atomic E-state index is -0.766. The summed E-state index contributed by atoms with van der Waals surface area (Å²) in [4.78, 5) is 32.0. The Morgan fingerprint density at radius 2 is 1.64 bits per heavy atom. The number of aromatic nitrogens is 1. The molecule has 1 fully saturated rings. The molecule has 33 heavy (non-hydrogen) atoms. The van der Waals surface area contributed by atoms with Gasteiger partial charge < -0.3 is 5.11 Å². The Kier molecular flexibility index (Phi) is 5.97. The molecule has 0 radical (unpaired) electrons. The molecule has 1 aromatic heterocycles. The van der Waals surface area contributed by atoms with Gasteiger partial charge in [0.25, 0.3) is 11.7 Å². The molecular formula is C27H25BrN2O3. The number of hydrogen-bond donors (Lipinski definition) is 1. The number of benzene rings is 2. The number of aliphatic hydroxyl groups is 1. The maximum Gasteiger partial charge on any atom is 0.300 e. The van der Waals surface area contributed by atoms with E-state index in [1.807, 2.05) is 37.3 Å². The Balaban J connectivity index is 1.90. The SMILES string of the molecule is Cc1cc(/C(O)=C2/C(=O)C(=O)N(c3ccc(C(C)(C)C)cc3)C2c2ccncc2)ccc1Br. The quantitative estimate of drug-likeness (QED) is 0.266. The van der Waals surface area contributed by atoms with Crippen molar-refractivity contribution < 1.29 is 14.7 Å². The third-order valence-electron chi connectivity index (χ3n) is 5.91. The van der Waals surface area contributed by atoms with E-state index in [9.17, 15) is 14.7 Å². The van der Waals surface area contributed by atoms with Gasteiger partial charge in [-0.3, -0.25) is 19.5 Å². The fourth-order valence-corrected chi connectivity index (χ4v) is 4.28. The number of aryl methyl sites for hydroxylation is 1. The number of halogens is 1. The van der Waals surface area contributed by atoms with Gasteiger partial charge in [0.05, 0.1) is 11.6 Å². The topological polar surface area (TPSA) is 70.5 Å². The molecule has 0 aliphatic carbocycles. The average molecular weight is 505 g/mol. The van der Waals surface area contributed by atoms with Crippen molar-refractivity contribution in [2.45, 2.75) is 39.2 Å². The van der Waals surface area contributed by atoms with E-state index in [2.05, 4.69) is 41.7 Å². The number of carbonyl (C=O) groups excluding carboxylic acids is 2. The molecule has 1 aliphatic heterocycles. The zero-order valence-electron chi connectivity index (χ0n) is 19.0. The Bertz CT molecular complexity index is 1260. The summed E-state index contributed by atoms with van der Waals surface area (Å²) in [7, 11) is 0. The number of anilines is 1. The number of Topliss-reactive ketones (excluding diaryl/α,β-unsaturated/α-hetero) is 1. The van der Waals surface area contributed by atoms with Gasteiger partial charge in [0, 0.05) is 28.1 Å². The van der Waals surface area contributed by atoms with E-state index in [0.29, 0.717) is 16.8 Å². The first kappa shape index (κ1) is 22.9. The summed E-state index contributed by atoms with van der Waals surface area (Å²) in [5, 5.41) is 11.2. The number of hydrogen-bond acceptors (Lipinski definition) is 4. The summed E-state index contributed by atoms with van der Waals surface area (Å²) < 4.78 is 0.893. The summed E-state index contributed by atoms with van der Waals surface area (Å²) in [6, 6.07) is 15.7. The first-order valence-corrected chi connectivity index (χ1v) is 11.5. The lowest BCUT2D eigenvalue weighted by Crippen LogP contribution is -2.29. The second kappa shape index (κ2) is 8.60. The van der Waals surface area contributed by atoms with Crippen LogP contribution in [0.4, 0.5) is 5.69 Å². The molecule has 0 spiro atoms. The molecule has 6 heteroatoms. The molecule has 4 rings (SSSR count). The number of rotatable bonds is 3. The number of nitrogens with zero attached hydrogens (tertiary/aromatic N) is 2. The molecule has 0 saturated carbocycles. The van der Waals surface area contributed by atoms with Crippen molar-refractivity contribution in [1.82, 2.24) is 4.98 Å². The standard InChI is InChI=1S/C27H25BrN2O3/c1-16-15-18(5-10-21(16)28)24(31)22-23(17-11-13-29-14-12-17)30(26(33)25(22)32)20-8-6-19(7-9-20)27(2,3)4/h5-15,23,31H,1-4H3/b24-22-. The molecule has 0 bridgehead atoms. The van der Waals surface area contributed by atoms with Crippen LogP contribution in [0.2, 0.25) is 0 Å². The van der Waals surface area contributed by atoms with Crippen LogP contribution in [0.3, 0.4) is 0 Å². The van der Waals surface area contributed by atoms with E-state index in [-0.39, 0.29) is 16.7 Å². The highest BCUT2D eigenvalue weighted by Crippen LogP contribution is 2.42. The molecule has 1 amide bonds. The van der Waals surface area contributed by atoms with Crippen molar-refractivity contribution in [3.8, 4) is 0 Å². The van der Waals surface area contributed by atoms with Crippen LogP contribution in [0.5, 0.6) is 0 Å². The number of pyridine rings is 1. The zero-order valence-corrected chi connectivity index (χ0v) is 20.6. The third-order valence-corrected chi connectivity index (χ3v) is 6.80. The van der Waals surface area contributed by atoms with Gasteiger partial charge >= 0.3 is 0 Å². The van der Waals surface area contributed by atoms with E-state index in [0.717, 1.165) is 15.6 Å². The van der Waals surface area contributed by atoms with Crippen LogP contribution in [0.15, 0.2) is 77.0 Å². The monoisotopic (exact) mass is 504 g/mol. The van der Waals surface area contributed by atoms with Crippen LogP contribution < -0.4 is 4.90 Å². The second-order valence-corrected chi connectivity index (χ2v) is 10.1. The molecule has 3 aromatic rings. The smallest absolute Gasteiger partial charge is 0.300 e. The largest absolute Gasteiger partial charge is 0.507 e.